The summed E-state index contributed by atoms with van der Waals surface area (Å²) in [4.78, 5) is 7.85. The number of anilines is 9. The second-order valence-corrected chi connectivity index (χ2v) is 28.3. The molecule has 0 unspecified atom stereocenters. The van der Waals surface area contributed by atoms with Crippen molar-refractivity contribution in [3.8, 4) is 11.1 Å². The molecule has 1 aromatic heterocycles. The predicted molar refractivity (Wildman–Crippen MR) is 338 cm³/mol. The third-order valence-corrected chi connectivity index (χ3v) is 19.0. The van der Waals surface area contributed by atoms with Gasteiger partial charge >= 0.3 is 0 Å². The van der Waals surface area contributed by atoms with Crippen molar-refractivity contribution < 1.29 is 4.42 Å². The molecule has 9 aromatic rings. The standard InChI is InChI=1S/C74H78BN3O/c1-69(2,3)48-30-36-60(54(42-48)47-24-18-15-19-25-47)78-62-46-53(76(50-26-20-16-21-27-50)51-28-22-17-23-29-51)45-61-65(62)75(68-66(78)55-43-49(70(4,5)6)31-37-63(55)79-68)59-35-34-57-64(74(13,14)41-40-72(57,9)10)67(59)77(61)52-32-33-56-58(44-52)73(11,12)39-38-71(56,7)8/h15-37,42-46H,38-41H2,1-14H3. The zero-order valence-corrected chi connectivity index (χ0v) is 49.3. The van der Waals surface area contributed by atoms with Gasteiger partial charge in [0.2, 0.25) is 0 Å². The van der Waals surface area contributed by atoms with Gasteiger partial charge in [0.15, 0.2) is 0 Å². The smallest absolute Gasteiger partial charge is 0.297 e. The molecule has 5 heteroatoms. The lowest BCUT2D eigenvalue weighted by Gasteiger charge is -2.49. The van der Waals surface area contributed by atoms with E-state index >= 15 is 0 Å². The Morgan fingerprint density at radius 2 is 0.987 bits per heavy atom. The van der Waals surface area contributed by atoms with Crippen molar-refractivity contribution in [3.05, 3.63) is 203 Å². The van der Waals surface area contributed by atoms with Crippen molar-refractivity contribution in [2.75, 3.05) is 14.7 Å². The molecule has 13 rings (SSSR count). The van der Waals surface area contributed by atoms with Crippen molar-refractivity contribution in [1.82, 2.24) is 0 Å². The van der Waals surface area contributed by atoms with E-state index in [9.17, 15) is 0 Å². The van der Waals surface area contributed by atoms with Crippen LogP contribution < -0.4 is 31.3 Å². The van der Waals surface area contributed by atoms with Crippen LogP contribution >= 0.6 is 0 Å². The first-order valence-corrected chi connectivity index (χ1v) is 29.2. The second-order valence-electron chi connectivity index (χ2n) is 28.3. The van der Waals surface area contributed by atoms with E-state index in [0.29, 0.717) is 0 Å². The van der Waals surface area contributed by atoms with Gasteiger partial charge in [-0.15, -0.1) is 0 Å². The zero-order valence-electron chi connectivity index (χ0n) is 49.3. The van der Waals surface area contributed by atoms with Crippen LogP contribution in [0.2, 0.25) is 0 Å². The van der Waals surface area contributed by atoms with Gasteiger partial charge in [-0.3, -0.25) is 0 Å². The maximum atomic E-state index is 7.69. The van der Waals surface area contributed by atoms with Crippen molar-refractivity contribution in [1.29, 1.82) is 0 Å². The van der Waals surface area contributed by atoms with Crippen LogP contribution in [0.4, 0.5) is 51.2 Å². The second kappa shape index (κ2) is 17.6. The third-order valence-electron chi connectivity index (χ3n) is 19.0. The first kappa shape index (κ1) is 51.2. The summed E-state index contributed by atoms with van der Waals surface area (Å²) in [6.45, 7) is 33.6. The van der Waals surface area contributed by atoms with Crippen LogP contribution in [-0.2, 0) is 32.5 Å². The molecule has 0 spiro atoms. The molecular weight excluding hydrogens is 958 g/mol. The number of rotatable bonds is 6. The van der Waals surface area contributed by atoms with Gasteiger partial charge in [0.05, 0.1) is 22.7 Å². The molecule has 0 radical (unpaired) electrons. The quantitative estimate of drug-likeness (QED) is 0.155. The van der Waals surface area contributed by atoms with Gasteiger partial charge in [-0.25, -0.2) is 0 Å². The molecule has 2 aliphatic heterocycles. The number of para-hydroxylation sites is 2. The van der Waals surface area contributed by atoms with Gasteiger partial charge in [-0.1, -0.05) is 194 Å². The van der Waals surface area contributed by atoms with Crippen molar-refractivity contribution in [2.45, 2.75) is 155 Å². The Bertz CT molecular complexity index is 3850. The summed E-state index contributed by atoms with van der Waals surface area (Å²) in [5.74, 6) is 0. The predicted octanol–water partition coefficient (Wildman–Crippen LogP) is 18.9. The minimum absolute atomic E-state index is 0.00295. The average Bonchev–Trinajstić information content (AvgIpc) is 3.36. The lowest BCUT2D eigenvalue weighted by molar-refractivity contribution is 0.331. The number of furan rings is 1. The highest BCUT2D eigenvalue weighted by atomic mass is 16.3. The molecule has 0 saturated heterocycles. The summed E-state index contributed by atoms with van der Waals surface area (Å²) < 4.78 is 7.69. The Hall–Kier alpha value is -7.24. The van der Waals surface area contributed by atoms with E-state index in [1.807, 2.05) is 0 Å². The Labute approximate surface area is 471 Å². The molecule has 0 saturated carbocycles. The van der Waals surface area contributed by atoms with Crippen LogP contribution in [0.3, 0.4) is 0 Å². The highest BCUT2D eigenvalue weighted by molar-refractivity contribution is 7.00. The molecule has 0 fully saturated rings. The van der Waals surface area contributed by atoms with Crippen molar-refractivity contribution >= 4 is 85.5 Å². The van der Waals surface area contributed by atoms with Crippen molar-refractivity contribution in [2.24, 2.45) is 0 Å². The number of hydrogen-bond donors (Lipinski definition) is 0. The molecule has 0 N–H and O–H groups in total. The molecular formula is C74H78BN3O. The largest absolute Gasteiger partial charge is 0.468 e. The fourth-order valence-corrected chi connectivity index (χ4v) is 14.2. The van der Waals surface area contributed by atoms with Crippen LogP contribution in [0.15, 0.2) is 174 Å². The lowest BCUT2D eigenvalue weighted by atomic mass is 9.35. The molecule has 8 aromatic carbocycles. The fourth-order valence-electron chi connectivity index (χ4n) is 14.2. The van der Waals surface area contributed by atoms with Crippen LogP contribution in [0.25, 0.3) is 22.1 Å². The molecule has 79 heavy (non-hydrogen) atoms. The number of hydrogen-bond acceptors (Lipinski definition) is 4. The first-order chi connectivity index (χ1) is 37.4. The summed E-state index contributed by atoms with van der Waals surface area (Å²) in [6, 6.07) is 64.9. The minimum Gasteiger partial charge on any atom is -0.468 e. The zero-order chi connectivity index (χ0) is 55.3. The summed E-state index contributed by atoms with van der Waals surface area (Å²) >= 11 is 0. The Kier molecular flexibility index (Phi) is 11.4. The molecule has 3 heterocycles. The van der Waals surface area contributed by atoms with Crippen LogP contribution in [0.1, 0.15) is 156 Å². The van der Waals surface area contributed by atoms with E-state index < -0.39 is 0 Å². The molecule has 4 nitrogen and oxygen atoms in total. The van der Waals surface area contributed by atoms with Gasteiger partial charge < -0.3 is 19.1 Å². The normalized spacial score (nSPS) is 17.4. The Morgan fingerprint density at radius 1 is 0.456 bits per heavy atom. The Balaban J connectivity index is 1.24. The first-order valence-electron chi connectivity index (χ1n) is 29.2. The van der Waals surface area contributed by atoms with Gasteiger partial charge in [0.25, 0.3) is 6.71 Å². The maximum absolute atomic E-state index is 7.69. The minimum atomic E-state index is -0.225. The SMILES string of the molecule is CC(C)(C)c1ccc(N2c3cc(N(c4ccccc4)c4ccccc4)cc4c3B(c3ccc5c(c3N4c3ccc4c(c3)C(C)(C)CCC4(C)C)C(C)(C)CCC5(C)C)c3oc4ccc(C(C)(C)C)cc4c32)c(-c2ccccc2)c1. The van der Waals surface area contributed by atoms with Gasteiger partial charge in [0, 0.05) is 45.1 Å². The summed E-state index contributed by atoms with van der Waals surface area (Å²) in [7, 11) is 0. The fraction of sp³-hybridized carbons (Fsp3) is 0.324. The van der Waals surface area contributed by atoms with Crippen LogP contribution in [0, 0.1) is 0 Å². The van der Waals surface area contributed by atoms with Crippen molar-refractivity contribution in [3.63, 3.8) is 0 Å². The Morgan fingerprint density at radius 3 is 1.61 bits per heavy atom. The lowest BCUT2D eigenvalue weighted by Crippen LogP contribution is -2.61. The average molecular weight is 1040 g/mol. The maximum Gasteiger partial charge on any atom is 0.297 e. The van der Waals surface area contributed by atoms with Crippen LogP contribution in [-0.4, -0.2) is 6.71 Å². The van der Waals surface area contributed by atoms with E-state index in [0.717, 1.165) is 76.4 Å². The van der Waals surface area contributed by atoms with E-state index in [-0.39, 0.29) is 39.2 Å². The molecule has 4 aliphatic rings. The number of benzene rings is 8. The number of fused-ring (bicyclic) bond motifs is 9. The summed E-state index contributed by atoms with van der Waals surface area (Å²) in [6.07, 6.45) is 4.52. The van der Waals surface area contributed by atoms with E-state index in [4.69, 9.17) is 4.42 Å². The van der Waals surface area contributed by atoms with E-state index in [2.05, 4.69) is 281 Å². The van der Waals surface area contributed by atoms with Crippen LogP contribution in [0.5, 0.6) is 0 Å². The summed E-state index contributed by atoms with van der Waals surface area (Å²) in [5, 5.41) is 1.13. The third kappa shape index (κ3) is 8.14. The molecule has 2 aliphatic carbocycles. The molecule has 0 bridgehead atoms. The van der Waals surface area contributed by atoms with Gasteiger partial charge in [0.1, 0.15) is 5.58 Å². The van der Waals surface area contributed by atoms with Gasteiger partial charge in [-0.2, -0.15) is 0 Å². The van der Waals surface area contributed by atoms with E-state index in [1.165, 1.54) is 72.5 Å². The van der Waals surface area contributed by atoms with E-state index in [1.54, 1.807) is 0 Å². The molecule has 398 valence electrons. The molecule has 0 amide bonds. The molecule has 0 atom stereocenters. The monoisotopic (exact) mass is 1040 g/mol. The highest BCUT2D eigenvalue weighted by Gasteiger charge is 2.51. The van der Waals surface area contributed by atoms with Gasteiger partial charge in [-0.05, 0) is 181 Å². The number of nitrogens with zero attached hydrogens (tertiary/aromatic N) is 3. The highest BCUT2D eigenvalue weighted by Crippen LogP contribution is 2.57. The summed E-state index contributed by atoms with van der Waals surface area (Å²) in [5.41, 5.74) is 25.3. The topological polar surface area (TPSA) is 22.9 Å².